The van der Waals surface area contributed by atoms with Gasteiger partial charge in [0.2, 0.25) is 0 Å². The van der Waals surface area contributed by atoms with Crippen molar-refractivity contribution in [2.24, 2.45) is 0 Å². The van der Waals surface area contributed by atoms with Crippen molar-refractivity contribution in [3.8, 4) is 0 Å². The summed E-state index contributed by atoms with van der Waals surface area (Å²) >= 11 is 1.64. The summed E-state index contributed by atoms with van der Waals surface area (Å²) in [5, 5.41) is 2.95. The van der Waals surface area contributed by atoms with E-state index in [1.54, 1.807) is 22.5 Å². The van der Waals surface area contributed by atoms with Gasteiger partial charge >= 0.3 is 0 Å². The molecule has 0 saturated carbocycles. The van der Waals surface area contributed by atoms with Gasteiger partial charge in [-0.15, -0.1) is 11.3 Å². The van der Waals surface area contributed by atoms with Gasteiger partial charge in [0, 0.05) is 7.05 Å². The smallest absolute Gasteiger partial charge is 0.278 e. The summed E-state index contributed by atoms with van der Waals surface area (Å²) in [7, 11) is 1.84. The number of amides is 1. The number of quaternary nitrogens is 1. The molecule has 6 heteroatoms. The Bertz CT molecular complexity index is 780. The van der Waals surface area contributed by atoms with Gasteiger partial charge in [-0.05, 0) is 38.1 Å². The molecule has 0 spiro atoms. The van der Waals surface area contributed by atoms with Gasteiger partial charge in [-0.25, -0.2) is 4.98 Å². The lowest BCUT2D eigenvalue weighted by Gasteiger charge is -2.23. The Kier molecular flexibility index (Phi) is 4.97. The molecule has 3 aromatic rings. The molecule has 24 heavy (non-hydrogen) atoms. The Hall–Kier alpha value is -2.18. The molecule has 0 fully saturated rings. The number of benzene rings is 1. The van der Waals surface area contributed by atoms with Gasteiger partial charge in [-0.1, -0.05) is 12.1 Å². The Labute approximate surface area is 145 Å². The molecule has 0 aliphatic rings. The molecule has 2 atom stereocenters. The lowest BCUT2D eigenvalue weighted by atomic mass is 10.2. The van der Waals surface area contributed by atoms with E-state index in [1.165, 1.54) is 0 Å². The molecule has 3 rings (SSSR count). The molecular weight excluding hydrogens is 322 g/mol. The number of furan rings is 1. The van der Waals surface area contributed by atoms with E-state index in [0.717, 1.165) is 21.0 Å². The second kappa shape index (κ2) is 7.15. The highest BCUT2D eigenvalue weighted by atomic mass is 32.1. The summed E-state index contributed by atoms with van der Waals surface area (Å²) < 4.78 is 6.53. The van der Waals surface area contributed by atoms with Crippen LogP contribution in [-0.2, 0) is 4.79 Å². The maximum Gasteiger partial charge on any atom is 0.278 e. The summed E-state index contributed by atoms with van der Waals surface area (Å²) in [6.45, 7) is 4.43. The number of carbonyl (C=O) groups excluding carboxylic acids is 1. The van der Waals surface area contributed by atoms with Gasteiger partial charge in [0.15, 0.2) is 12.3 Å². The van der Waals surface area contributed by atoms with Crippen molar-refractivity contribution in [1.82, 2.24) is 9.88 Å². The van der Waals surface area contributed by atoms with Crippen LogP contribution in [0.25, 0.3) is 10.2 Å². The monoisotopic (exact) mass is 344 g/mol. The Morgan fingerprint density at radius 2 is 2.08 bits per heavy atom. The van der Waals surface area contributed by atoms with Crippen molar-refractivity contribution in [2.45, 2.75) is 25.9 Å². The van der Waals surface area contributed by atoms with Crippen molar-refractivity contribution < 1.29 is 14.5 Å². The van der Waals surface area contributed by atoms with Crippen LogP contribution in [0.3, 0.4) is 0 Å². The second-order valence-corrected chi connectivity index (χ2v) is 7.01. The molecular formula is C18H22N3O2S+. The number of nitrogens with zero attached hydrogens (tertiary/aromatic N) is 2. The topological polar surface area (TPSA) is 63.0 Å². The predicted octanol–water partition coefficient (Wildman–Crippen LogP) is 2.73. The first kappa shape index (κ1) is 16.7. The maximum absolute atomic E-state index is 12.5. The number of fused-ring (bicyclic) bond motifs is 1. The molecule has 0 aliphatic heterocycles. The Balaban J connectivity index is 1.62. The van der Waals surface area contributed by atoms with Crippen molar-refractivity contribution in [1.29, 1.82) is 0 Å². The molecule has 2 aromatic heterocycles. The molecule has 1 amide bonds. The van der Waals surface area contributed by atoms with Crippen LogP contribution in [0.15, 0.2) is 47.1 Å². The molecule has 2 N–H and O–H groups in total. The first-order chi connectivity index (χ1) is 11.6. The minimum Gasteiger partial charge on any atom is -0.463 e. The molecule has 2 heterocycles. The highest BCUT2D eigenvalue weighted by Crippen LogP contribution is 2.28. The normalized spacial score (nSPS) is 13.8. The molecule has 0 bridgehead atoms. The zero-order valence-corrected chi connectivity index (χ0v) is 14.9. The van der Waals surface area contributed by atoms with Gasteiger partial charge in [0.05, 0.1) is 22.5 Å². The average molecular weight is 344 g/mol. The molecule has 126 valence electrons. The molecule has 0 aliphatic carbocycles. The van der Waals surface area contributed by atoms with E-state index in [4.69, 9.17) is 4.42 Å². The van der Waals surface area contributed by atoms with E-state index in [0.29, 0.717) is 6.54 Å². The van der Waals surface area contributed by atoms with E-state index in [2.05, 4.69) is 11.1 Å². The Morgan fingerprint density at radius 1 is 1.29 bits per heavy atom. The highest BCUT2D eigenvalue weighted by molar-refractivity contribution is 7.18. The van der Waals surface area contributed by atoms with Crippen LogP contribution in [0.5, 0.6) is 0 Å². The van der Waals surface area contributed by atoms with Crippen LogP contribution >= 0.6 is 11.3 Å². The third-order valence-electron chi connectivity index (χ3n) is 4.28. The van der Waals surface area contributed by atoms with Crippen molar-refractivity contribution in [3.05, 3.63) is 53.4 Å². The third-order valence-corrected chi connectivity index (χ3v) is 5.49. The summed E-state index contributed by atoms with van der Waals surface area (Å²) in [5.41, 5.74) is 0.989. The standard InChI is InChI=1S/C18H21N3O2S/c1-12(15-8-6-10-23-15)19-11-17(22)21(3)13(2)18-20-14-7-4-5-9-16(14)24-18/h4-10,12-13,19H,11H2,1-3H3/p+1/t12-,13-/m0/s1. The largest absolute Gasteiger partial charge is 0.463 e. The predicted molar refractivity (Wildman–Crippen MR) is 94.7 cm³/mol. The van der Waals surface area contributed by atoms with E-state index in [-0.39, 0.29) is 18.0 Å². The van der Waals surface area contributed by atoms with Gasteiger partial charge in [0.1, 0.15) is 11.0 Å². The molecule has 0 unspecified atom stereocenters. The summed E-state index contributed by atoms with van der Waals surface area (Å²) in [5.74, 6) is 0.963. The summed E-state index contributed by atoms with van der Waals surface area (Å²) in [6, 6.07) is 11.9. The number of likely N-dealkylation sites (N-methyl/N-ethyl adjacent to an activating group) is 1. The number of aromatic nitrogens is 1. The second-order valence-electron chi connectivity index (χ2n) is 5.94. The van der Waals surface area contributed by atoms with E-state index in [1.807, 2.05) is 56.5 Å². The summed E-state index contributed by atoms with van der Waals surface area (Å²) in [4.78, 5) is 18.9. The van der Waals surface area contributed by atoms with Crippen molar-refractivity contribution in [3.63, 3.8) is 0 Å². The van der Waals surface area contributed by atoms with Crippen LogP contribution < -0.4 is 5.32 Å². The first-order valence-electron chi connectivity index (χ1n) is 8.04. The molecule has 1 aromatic carbocycles. The Morgan fingerprint density at radius 3 is 2.79 bits per heavy atom. The van der Waals surface area contributed by atoms with Gasteiger partial charge in [-0.2, -0.15) is 0 Å². The quantitative estimate of drug-likeness (QED) is 0.748. The van der Waals surface area contributed by atoms with E-state index in [9.17, 15) is 4.79 Å². The lowest BCUT2D eigenvalue weighted by Crippen LogP contribution is -2.87. The van der Waals surface area contributed by atoms with Gasteiger partial charge < -0.3 is 14.6 Å². The van der Waals surface area contributed by atoms with Crippen LogP contribution in [-0.4, -0.2) is 29.4 Å². The fourth-order valence-corrected chi connectivity index (χ4v) is 3.60. The third kappa shape index (κ3) is 3.49. The van der Waals surface area contributed by atoms with Crippen molar-refractivity contribution >= 4 is 27.5 Å². The zero-order chi connectivity index (χ0) is 17.1. The fourth-order valence-electron chi connectivity index (χ4n) is 2.54. The fraction of sp³-hybridized carbons (Fsp3) is 0.333. The number of hydrogen-bond donors (Lipinski definition) is 1. The van der Waals surface area contributed by atoms with E-state index >= 15 is 0 Å². The van der Waals surface area contributed by atoms with Crippen molar-refractivity contribution in [2.75, 3.05) is 13.6 Å². The highest BCUT2D eigenvalue weighted by Gasteiger charge is 2.23. The number of thiazole rings is 1. The molecule has 0 saturated heterocycles. The first-order valence-corrected chi connectivity index (χ1v) is 8.85. The van der Waals surface area contributed by atoms with Crippen LogP contribution in [0.2, 0.25) is 0 Å². The summed E-state index contributed by atoms with van der Waals surface area (Å²) in [6.07, 6.45) is 1.66. The SMILES string of the molecule is C[C@H]([NH2+]CC(=O)N(C)[C@@H](C)c1nc2ccccc2s1)c1ccco1. The molecule has 5 nitrogen and oxygen atoms in total. The maximum atomic E-state index is 12.5. The number of para-hydroxylation sites is 1. The van der Waals surface area contributed by atoms with Gasteiger partial charge in [0.25, 0.3) is 5.91 Å². The lowest BCUT2D eigenvalue weighted by molar-refractivity contribution is -0.685. The van der Waals surface area contributed by atoms with Crippen LogP contribution in [0, 0.1) is 0 Å². The number of hydrogen-bond acceptors (Lipinski definition) is 4. The average Bonchev–Trinajstić information content (AvgIpc) is 3.26. The number of rotatable bonds is 6. The van der Waals surface area contributed by atoms with Gasteiger partial charge in [-0.3, -0.25) is 4.79 Å². The molecule has 0 radical (unpaired) electrons. The van der Waals surface area contributed by atoms with Crippen LogP contribution in [0.1, 0.15) is 36.7 Å². The zero-order valence-electron chi connectivity index (χ0n) is 14.1. The van der Waals surface area contributed by atoms with Crippen LogP contribution in [0.4, 0.5) is 0 Å². The minimum absolute atomic E-state index is 0.0396. The minimum atomic E-state index is -0.0396. The number of carbonyl (C=O) groups is 1. The van der Waals surface area contributed by atoms with E-state index < -0.39 is 0 Å². The number of nitrogens with two attached hydrogens (primary N) is 1.